The Hall–Kier alpha value is -2.21. The molecule has 0 fully saturated rings. The van der Waals surface area contributed by atoms with Crippen molar-refractivity contribution in [3.8, 4) is 0 Å². The van der Waals surface area contributed by atoms with Gasteiger partial charge in [-0.2, -0.15) is 5.10 Å². The number of aromatic nitrogens is 3. The van der Waals surface area contributed by atoms with Gasteiger partial charge >= 0.3 is 0 Å². The van der Waals surface area contributed by atoms with Crippen molar-refractivity contribution in [1.29, 1.82) is 0 Å². The van der Waals surface area contributed by atoms with E-state index in [1.807, 2.05) is 31.3 Å². The van der Waals surface area contributed by atoms with Gasteiger partial charge < -0.3 is 10.6 Å². The van der Waals surface area contributed by atoms with Gasteiger partial charge in [0.15, 0.2) is 0 Å². The molecule has 0 saturated heterocycles. The number of benzene rings is 1. The van der Waals surface area contributed by atoms with Crippen LogP contribution in [0.1, 0.15) is 5.56 Å². The number of hydrogen-bond acceptors (Lipinski definition) is 4. The van der Waals surface area contributed by atoms with Crippen molar-refractivity contribution >= 4 is 11.6 Å². The van der Waals surface area contributed by atoms with Crippen LogP contribution in [0.5, 0.6) is 0 Å². The molecule has 0 unspecified atom stereocenters. The van der Waals surface area contributed by atoms with Gasteiger partial charge in [0, 0.05) is 12.2 Å². The Morgan fingerprint density at radius 1 is 1.39 bits per heavy atom. The van der Waals surface area contributed by atoms with Crippen LogP contribution in [0.15, 0.2) is 36.9 Å². The van der Waals surface area contributed by atoms with Gasteiger partial charge in [-0.1, -0.05) is 18.2 Å². The van der Waals surface area contributed by atoms with Crippen molar-refractivity contribution in [2.75, 3.05) is 12.4 Å². The standard InChI is InChI=1S/C12H15N5O/c1-13-6-10-4-2-3-5-11(10)16-12(18)7-17-9-14-8-15-17/h2-5,8-9,13H,6-7H2,1H3,(H,16,18). The predicted molar refractivity (Wildman–Crippen MR) is 67.9 cm³/mol. The van der Waals surface area contributed by atoms with E-state index in [9.17, 15) is 4.79 Å². The van der Waals surface area contributed by atoms with E-state index in [0.29, 0.717) is 6.54 Å². The summed E-state index contributed by atoms with van der Waals surface area (Å²) in [5.74, 6) is -0.121. The molecule has 6 nitrogen and oxygen atoms in total. The summed E-state index contributed by atoms with van der Waals surface area (Å²) in [6.45, 7) is 0.869. The lowest BCUT2D eigenvalue weighted by atomic mass is 10.2. The lowest BCUT2D eigenvalue weighted by Gasteiger charge is -2.10. The van der Waals surface area contributed by atoms with E-state index in [-0.39, 0.29) is 12.5 Å². The number of para-hydroxylation sites is 1. The monoisotopic (exact) mass is 245 g/mol. The van der Waals surface area contributed by atoms with Crippen LogP contribution in [0, 0.1) is 0 Å². The first kappa shape index (κ1) is 12.3. The maximum absolute atomic E-state index is 11.8. The Kier molecular flexibility index (Phi) is 4.03. The van der Waals surface area contributed by atoms with Gasteiger partial charge in [0.25, 0.3) is 0 Å². The van der Waals surface area contributed by atoms with Crippen LogP contribution in [0.2, 0.25) is 0 Å². The Balaban J connectivity index is 2.02. The minimum atomic E-state index is -0.121. The van der Waals surface area contributed by atoms with E-state index in [0.717, 1.165) is 11.3 Å². The van der Waals surface area contributed by atoms with Gasteiger partial charge in [0.2, 0.25) is 5.91 Å². The van der Waals surface area contributed by atoms with Gasteiger partial charge in [-0.25, -0.2) is 9.67 Å². The predicted octanol–water partition coefficient (Wildman–Crippen LogP) is 0.636. The third-order valence-electron chi connectivity index (χ3n) is 2.43. The molecule has 2 aromatic rings. The third-order valence-corrected chi connectivity index (χ3v) is 2.43. The molecule has 6 heteroatoms. The Bertz CT molecular complexity index is 509. The summed E-state index contributed by atoms with van der Waals surface area (Å²) in [5, 5.41) is 9.82. The first-order chi connectivity index (χ1) is 8.79. The third kappa shape index (κ3) is 3.14. The van der Waals surface area contributed by atoms with E-state index in [4.69, 9.17) is 0 Å². The molecule has 2 rings (SSSR count). The fourth-order valence-corrected chi connectivity index (χ4v) is 1.64. The number of rotatable bonds is 5. The van der Waals surface area contributed by atoms with E-state index in [2.05, 4.69) is 20.7 Å². The quantitative estimate of drug-likeness (QED) is 0.810. The van der Waals surface area contributed by atoms with Crippen LogP contribution in [0.25, 0.3) is 0 Å². The highest BCUT2D eigenvalue weighted by molar-refractivity contribution is 5.91. The fraction of sp³-hybridized carbons (Fsp3) is 0.250. The molecule has 0 spiro atoms. The molecule has 1 amide bonds. The summed E-state index contributed by atoms with van der Waals surface area (Å²) in [6, 6.07) is 7.69. The van der Waals surface area contributed by atoms with Gasteiger partial charge in [0.1, 0.15) is 19.2 Å². The van der Waals surface area contributed by atoms with Gasteiger partial charge in [-0.05, 0) is 18.7 Å². The molecule has 0 bridgehead atoms. The Morgan fingerprint density at radius 2 is 2.22 bits per heavy atom. The molecule has 94 valence electrons. The van der Waals surface area contributed by atoms with Crippen molar-refractivity contribution in [2.45, 2.75) is 13.1 Å². The lowest BCUT2D eigenvalue weighted by Crippen LogP contribution is -2.20. The zero-order valence-corrected chi connectivity index (χ0v) is 10.1. The van der Waals surface area contributed by atoms with Crippen LogP contribution < -0.4 is 10.6 Å². The van der Waals surface area contributed by atoms with Crippen LogP contribution in [-0.2, 0) is 17.9 Å². The van der Waals surface area contributed by atoms with Gasteiger partial charge in [-0.3, -0.25) is 4.79 Å². The first-order valence-electron chi connectivity index (χ1n) is 5.64. The zero-order chi connectivity index (χ0) is 12.8. The topological polar surface area (TPSA) is 71.8 Å². The lowest BCUT2D eigenvalue weighted by molar-refractivity contribution is -0.116. The van der Waals surface area contributed by atoms with E-state index in [1.165, 1.54) is 17.3 Å². The number of carbonyl (C=O) groups excluding carboxylic acids is 1. The van der Waals surface area contributed by atoms with Crippen LogP contribution >= 0.6 is 0 Å². The highest BCUT2D eigenvalue weighted by atomic mass is 16.2. The molecule has 2 N–H and O–H groups in total. The largest absolute Gasteiger partial charge is 0.324 e. The van der Waals surface area contributed by atoms with E-state index < -0.39 is 0 Å². The zero-order valence-electron chi connectivity index (χ0n) is 10.1. The average molecular weight is 245 g/mol. The van der Waals surface area contributed by atoms with Crippen molar-refractivity contribution < 1.29 is 4.79 Å². The molecule has 0 radical (unpaired) electrons. The van der Waals surface area contributed by atoms with Crippen LogP contribution in [0.4, 0.5) is 5.69 Å². The minimum Gasteiger partial charge on any atom is -0.324 e. The Labute approximate surface area is 105 Å². The molecule has 1 aromatic carbocycles. The van der Waals surface area contributed by atoms with Crippen molar-refractivity contribution in [3.63, 3.8) is 0 Å². The summed E-state index contributed by atoms with van der Waals surface area (Å²) in [6.07, 6.45) is 2.92. The van der Waals surface area contributed by atoms with Crippen LogP contribution in [0.3, 0.4) is 0 Å². The molecule has 1 aromatic heterocycles. The second kappa shape index (κ2) is 5.92. The minimum absolute atomic E-state index is 0.121. The maximum Gasteiger partial charge on any atom is 0.246 e. The highest BCUT2D eigenvalue weighted by Crippen LogP contribution is 2.14. The molecule has 18 heavy (non-hydrogen) atoms. The summed E-state index contributed by atoms with van der Waals surface area (Å²) in [5.41, 5.74) is 1.86. The molecule has 0 atom stereocenters. The molecular weight excluding hydrogens is 230 g/mol. The number of amides is 1. The van der Waals surface area contributed by atoms with Crippen molar-refractivity contribution in [3.05, 3.63) is 42.5 Å². The number of nitrogens with zero attached hydrogens (tertiary/aromatic N) is 3. The summed E-state index contributed by atoms with van der Waals surface area (Å²) < 4.78 is 1.48. The Morgan fingerprint density at radius 3 is 2.94 bits per heavy atom. The molecule has 0 saturated carbocycles. The van der Waals surface area contributed by atoms with Gasteiger partial charge in [0.05, 0.1) is 0 Å². The number of carbonyl (C=O) groups is 1. The molecule has 0 aliphatic carbocycles. The molecule has 1 heterocycles. The molecule has 0 aliphatic rings. The van der Waals surface area contributed by atoms with Crippen molar-refractivity contribution in [2.24, 2.45) is 0 Å². The first-order valence-corrected chi connectivity index (χ1v) is 5.64. The van der Waals surface area contributed by atoms with E-state index >= 15 is 0 Å². The second-order valence-corrected chi connectivity index (χ2v) is 3.83. The smallest absolute Gasteiger partial charge is 0.246 e. The number of hydrogen-bond donors (Lipinski definition) is 2. The molecular formula is C12H15N5O. The average Bonchev–Trinajstić information content (AvgIpc) is 2.84. The maximum atomic E-state index is 11.8. The van der Waals surface area contributed by atoms with Gasteiger partial charge in [-0.15, -0.1) is 0 Å². The fourth-order valence-electron chi connectivity index (χ4n) is 1.64. The summed E-state index contributed by atoms with van der Waals surface area (Å²) >= 11 is 0. The normalized spacial score (nSPS) is 10.3. The molecule has 0 aliphatic heterocycles. The SMILES string of the molecule is CNCc1ccccc1NC(=O)Cn1cncn1. The second-order valence-electron chi connectivity index (χ2n) is 3.83. The number of anilines is 1. The van der Waals surface area contributed by atoms with E-state index in [1.54, 1.807) is 0 Å². The summed E-state index contributed by atoms with van der Waals surface area (Å²) in [7, 11) is 1.87. The van der Waals surface area contributed by atoms with Crippen molar-refractivity contribution in [1.82, 2.24) is 20.1 Å². The summed E-state index contributed by atoms with van der Waals surface area (Å²) in [4.78, 5) is 15.6. The highest BCUT2D eigenvalue weighted by Gasteiger charge is 2.06. The van der Waals surface area contributed by atoms with Crippen LogP contribution in [-0.4, -0.2) is 27.7 Å². The number of nitrogens with one attached hydrogen (secondary N) is 2.